The Morgan fingerprint density at radius 2 is 2.19 bits per heavy atom. The maximum Gasteiger partial charge on any atom is 0.259 e. The van der Waals surface area contributed by atoms with Gasteiger partial charge >= 0.3 is 0 Å². The number of thioether (sulfide) groups is 1. The average Bonchev–Trinajstić information content (AvgIpc) is 2.90. The number of hydrogen-bond acceptors (Lipinski definition) is 5. The molecule has 0 aliphatic rings. The van der Waals surface area contributed by atoms with Gasteiger partial charge in [-0.1, -0.05) is 30.0 Å². The molecule has 0 radical (unpaired) electrons. The van der Waals surface area contributed by atoms with Gasteiger partial charge in [-0.15, -0.1) is 16.8 Å². The highest BCUT2D eigenvalue weighted by Crippen LogP contribution is 2.20. The van der Waals surface area contributed by atoms with Gasteiger partial charge in [0.1, 0.15) is 0 Å². The van der Waals surface area contributed by atoms with Gasteiger partial charge < -0.3 is 4.98 Å². The number of H-pyrrole nitrogens is 1. The maximum atomic E-state index is 12.1. The molecule has 0 aliphatic carbocycles. The largest absolute Gasteiger partial charge is 0.303 e. The molecular weight excluding hydrogens is 286 g/mol. The lowest BCUT2D eigenvalue weighted by Gasteiger charge is -2.06. The fourth-order valence-electron chi connectivity index (χ4n) is 2.10. The van der Waals surface area contributed by atoms with Crippen LogP contribution in [-0.2, 0) is 6.54 Å². The Bertz CT molecular complexity index is 867. The topological polar surface area (TPSA) is 76.5 Å². The molecule has 2 aromatic heterocycles. The lowest BCUT2D eigenvalue weighted by atomic mass is 10.2. The van der Waals surface area contributed by atoms with Crippen LogP contribution in [-0.4, -0.2) is 31.0 Å². The smallest absolute Gasteiger partial charge is 0.259 e. The lowest BCUT2D eigenvalue weighted by molar-refractivity contribution is 0.728. The van der Waals surface area contributed by atoms with Gasteiger partial charge in [0.2, 0.25) is 5.82 Å². The summed E-state index contributed by atoms with van der Waals surface area (Å²) in [7, 11) is 0. The van der Waals surface area contributed by atoms with Gasteiger partial charge in [0.05, 0.1) is 10.9 Å². The summed E-state index contributed by atoms with van der Waals surface area (Å²) in [5.74, 6) is 0.940. The highest BCUT2D eigenvalue weighted by atomic mass is 32.2. The number of aromatic amines is 1. The molecule has 0 bridgehead atoms. The summed E-state index contributed by atoms with van der Waals surface area (Å²) in [6, 6.07) is 7.20. The molecule has 106 valence electrons. The summed E-state index contributed by atoms with van der Waals surface area (Å²) in [5.41, 5.74) is 0.449. The first-order chi connectivity index (χ1) is 10.2. The van der Waals surface area contributed by atoms with Gasteiger partial charge in [-0.25, -0.2) is 4.98 Å². The van der Waals surface area contributed by atoms with Crippen molar-refractivity contribution < 1.29 is 0 Å². The van der Waals surface area contributed by atoms with Gasteiger partial charge in [0.25, 0.3) is 5.56 Å². The van der Waals surface area contributed by atoms with Crippen molar-refractivity contribution in [2.75, 3.05) is 6.26 Å². The number of hydrogen-bond donors (Lipinski definition) is 1. The van der Waals surface area contributed by atoms with E-state index in [1.54, 1.807) is 18.2 Å². The minimum absolute atomic E-state index is 0.186. The van der Waals surface area contributed by atoms with E-state index in [1.165, 1.54) is 11.8 Å². The molecular formula is C14H13N5OS. The molecule has 6 nitrogen and oxygen atoms in total. The molecule has 7 heteroatoms. The zero-order valence-electron chi connectivity index (χ0n) is 11.4. The zero-order chi connectivity index (χ0) is 14.8. The molecule has 0 spiro atoms. The second kappa shape index (κ2) is 5.53. The molecule has 0 amide bonds. The van der Waals surface area contributed by atoms with Crippen LogP contribution in [0.15, 0.2) is 46.9 Å². The van der Waals surface area contributed by atoms with E-state index in [9.17, 15) is 4.79 Å². The van der Waals surface area contributed by atoms with E-state index in [0.29, 0.717) is 29.1 Å². The molecule has 2 heterocycles. The third-order valence-corrected chi connectivity index (χ3v) is 3.70. The van der Waals surface area contributed by atoms with Gasteiger partial charge in [-0.3, -0.25) is 9.36 Å². The lowest BCUT2D eigenvalue weighted by Crippen LogP contribution is -2.12. The number of allylic oxidation sites excluding steroid dienone is 1. The number of nitrogens with one attached hydrogen (secondary N) is 1. The second-order valence-corrected chi connectivity index (χ2v) is 5.11. The van der Waals surface area contributed by atoms with Crippen LogP contribution in [0.2, 0.25) is 0 Å². The fourth-order valence-corrected chi connectivity index (χ4v) is 2.60. The fraction of sp³-hybridized carbons (Fsp3) is 0.143. The SMILES string of the molecule is C=CCn1c(SC)nnc1-c1nc2ccccc2c(=O)[nH]1. The second-order valence-electron chi connectivity index (χ2n) is 4.34. The zero-order valence-corrected chi connectivity index (χ0v) is 12.2. The summed E-state index contributed by atoms with van der Waals surface area (Å²) in [6.07, 6.45) is 3.68. The molecule has 1 N–H and O–H groups in total. The molecule has 0 saturated carbocycles. The van der Waals surface area contributed by atoms with Crippen LogP contribution in [0.1, 0.15) is 0 Å². The Hall–Kier alpha value is -2.41. The van der Waals surface area contributed by atoms with Crippen LogP contribution in [0.4, 0.5) is 0 Å². The van der Waals surface area contributed by atoms with E-state index >= 15 is 0 Å². The van der Waals surface area contributed by atoms with Crippen LogP contribution >= 0.6 is 11.8 Å². The summed E-state index contributed by atoms with van der Waals surface area (Å²) in [5, 5.41) is 9.55. The molecule has 0 saturated heterocycles. The Balaban J connectivity index is 2.23. The van der Waals surface area contributed by atoms with Crippen LogP contribution in [0.25, 0.3) is 22.6 Å². The normalized spacial score (nSPS) is 10.9. The monoisotopic (exact) mass is 299 g/mol. The first-order valence-corrected chi connectivity index (χ1v) is 7.54. The van der Waals surface area contributed by atoms with E-state index in [-0.39, 0.29) is 5.56 Å². The van der Waals surface area contributed by atoms with Gasteiger partial charge in [-0.05, 0) is 18.4 Å². The van der Waals surface area contributed by atoms with Crippen LogP contribution in [0, 0.1) is 0 Å². The third-order valence-electron chi connectivity index (χ3n) is 3.04. The predicted molar refractivity (Wildman–Crippen MR) is 83.4 cm³/mol. The standard InChI is InChI=1S/C14H13N5OS/c1-3-8-19-12(17-18-14(19)21-2)11-15-10-7-5-4-6-9(10)13(20)16-11/h3-7H,1,8H2,2H3,(H,15,16,20). The summed E-state index contributed by atoms with van der Waals surface area (Å²) in [4.78, 5) is 19.4. The molecule has 0 atom stereocenters. The Morgan fingerprint density at radius 1 is 1.38 bits per heavy atom. The third kappa shape index (κ3) is 2.36. The minimum Gasteiger partial charge on any atom is -0.303 e. The van der Waals surface area contributed by atoms with Gasteiger partial charge in [-0.2, -0.15) is 0 Å². The summed E-state index contributed by atoms with van der Waals surface area (Å²) < 4.78 is 1.87. The van der Waals surface area contributed by atoms with E-state index in [0.717, 1.165) is 5.16 Å². The Morgan fingerprint density at radius 3 is 2.95 bits per heavy atom. The molecule has 3 aromatic rings. The van der Waals surface area contributed by atoms with Crippen LogP contribution in [0.3, 0.4) is 0 Å². The van der Waals surface area contributed by atoms with Crippen molar-refractivity contribution in [1.82, 2.24) is 24.7 Å². The maximum absolute atomic E-state index is 12.1. The molecule has 3 rings (SSSR count). The van der Waals surface area contributed by atoms with Crippen LogP contribution < -0.4 is 5.56 Å². The van der Waals surface area contributed by atoms with Crippen molar-refractivity contribution in [3.8, 4) is 11.6 Å². The minimum atomic E-state index is -0.186. The van der Waals surface area contributed by atoms with Crippen molar-refractivity contribution in [2.24, 2.45) is 0 Å². The number of para-hydroxylation sites is 1. The summed E-state index contributed by atoms with van der Waals surface area (Å²) >= 11 is 1.48. The highest BCUT2D eigenvalue weighted by Gasteiger charge is 2.15. The average molecular weight is 299 g/mol. The van der Waals surface area contributed by atoms with E-state index in [2.05, 4.69) is 26.7 Å². The van der Waals surface area contributed by atoms with Gasteiger partial charge in [0.15, 0.2) is 11.0 Å². The van der Waals surface area contributed by atoms with E-state index < -0.39 is 0 Å². The first kappa shape index (κ1) is 13.6. The summed E-state index contributed by atoms with van der Waals surface area (Å²) in [6.45, 7) is 4.29. The Labute approximate surface area is 124 Å². The predicted octanol–water partition coefficient (Wildman–Crippen LogP) is 2.09. The number of aromatic nitrogens is 5. The van der Waals surface area contributed by atoms with Crippen molar-refractivity contribution in [3.05, 3.63) is 47.3 Å². The number of fused-ring (bicyclic) bond motifs is 1. The van der Waals surface area contributed by atoms with Gasteiger partial charge in [0, 0.05) is 6.54 Å². The van der Waals surface area contributed by atoms with Crippen molar-refractivity contribution in [2.45, 2.75) is 11.7 Å². The quantitative estimate of drug-likeness (QED) is 0.589. The molecule has 1 aromatic carbocycles. The van der Waals surface area contributed by atoms with Crippen molar-refractivity contribution in [1.29, 1.82) is 0 Å². The number of rotatable bonds is 4. The van der Waals surface area contributed by atoms with Crippen molar-refractivity contribution in [3.63, 3.8) is 0 Å². The number of nitrogens with zero attached hydrogens (tertiary/aromatic N) is 4. The highest BCUT2D eigenvalue weighted by molar-refractivity contribution is 7.98. The van der Waals surface area contributed by atoms with E-state index in [4.69, 9.17) is 0 Å². The molecule has 21 heavy (non-hydrogen) atoms. The first-order valence-electron chi connectivity index (χ1n) is 6.32. The number of benzene rings is 1. The molecule has 0 aliphatic heterocycles. The molecule has 0 unspecified atom stereocenters. The Kier molecular flexibility index (Phi) is 3.57. The van der Waals surface area contributed by atoms with Crippen LogP contribution in [0.5, 0.6) is 0 Å². The van der Waals surface area contributed by atoms with E-state index in [1.807, 2.05) is 23.0 Å². The molecule has 0 fully saturated rings. The van der Waals surface area contributed by atoms with Crippen molar-refractivity contribution >= 4 is 22.7 Å².